The van der Waals surface area contributed by atoms with E-state index in [2.05, 4.69) is 21.2 Å². The maximum atomic E-state index is 13.8. The van der Waals surface area contributed by atoms with E-state index in [0.29, 0.717) is 5.56 Å². The fourth-order valence-corrected chi connectivity index (χ4v) is 2.37. The van der Waals surface area contributed by atoms with Gasteiger partial charge >= 0.3 is 0 Å². The molecule has 23 heavy (non-hydrogen) atoms. The summed E-state index contributed by atoms with van der Waals surface area (Å²) in [6.07, 6.45) is 0. The average Bonchev–Trinajstić information content (AvgIpc) is 2.53. The number of carbonyl (C=O) groups excluding carboxylic acids is 2. The van der Waals surface area contributed by atoms with Gasteiger partial charge in [-0.2, -0.15) is 0 Å². The summed E-state index contributed by atoms with van der Waals surface area (Å²) in [7, 11) is 0. The molecule has 2 rings (SSSR count). The zero-order valence-corrected chi connectivity index (χ0v) is 14.1. The third-order valence-electron chi connectivity index (χ3n) is 3.25. The molecule has 4 nitrogen and oxygen atoms in total. The van der Waals surface area contributed by atoms with Crippen LogP contribution in [-0.4, -0.2) is 24.9 Å². The van der Waals surface area contributed by atoms with E-state index in [4.69, 9.17) is 0 Å². The predicted octanol–water partition coefficient (Wildman–Crippen LogP) is 3.37. The van der Waals surface area contributed by atoms with Crippen LogP contribution >= 0.6 is 15.9 Å². The van der Waals surface area contributed by atoms with Crippen molar-refractivity contribution in [3.05, 3.63) is 64.4 Å². The maximum Gasteiger partial charge on any atom is 0.251 e. The monoisotopic (exact) mass is 378 g/mol. The van der Waals surface area contributed by atoms with Gasteiger partial charge in [0.1, 0.15) is 5.82 Å². The highest BCUT2D eigenvalue weighted by atomic mass is 79.9. The second kappa shape index (κ2) is 7.87. The van der Waals surface area contributed by atoms with Crippen molar-refractivity contribution in [2.75, 3.05) is 18.0 Å². The average molecular weight is 379 g/mol. The summed E-state index contributed by atoms with van der Waals surface area (Å²) in [5.74, 6) is -0.996. The van der Waals surface area contributed by atoms with Gasteiger partial charge < -0.3 is 10.2 Å². The zero-order chi connectivity index (χ0) is 16.8. The van der Waals surface area contributed by atoms with E-state index in [1.807, 2.05) is 0 Å². The van der Waals surface area contributed by atoms with E-state index in [1.54, 1.807) is 36.4 Å². The Bertz CT molecular complexity index is 704. The van der Waals surface area contributed by atoms with Gasteiger partial charge in [0.15, 0.2) is 0 Å². The van der Waals surface area contributed by atoms with E-state index in [-0.39, 0.29) is 30.6 Å². The Kier molecular flexibility index (Phi) is 5.87. The number of para-hydroxylation sites is 1. The van der Waals surface area contributed by atoms with E-state index < -0.39 is 5.82 Å². The molecule has 0 spiro atoms. The number of nitrogens with zero attached hydrogens (tertiary/aromatic N) is 1. The van der Waals surface area contributed by atoms with Gasteiger partial charge in [0, 0.05) is 30.0 Å². The van der Waals surface area contributed by atoms with Crippen LogP contribution in [0.3, 0.4) is 0 Å². The van der Waals surface area contributed by atoms with Crippen LogP contribution < -0.4 is 10.2 Å². The number of benzene rings is 2. The first kappa shape index (κ1) is 17.1. The van der Waals surface area contributed by atoms with Crippen molar-refractivity contribution in [3.63, 3.8) is 0 Å². The molecule has 0 atom stereocenters. The van der Waals surface area contributed by atoms with Gasteiger partial charge in [-0.1, -0.05) is 28.1 Å². The van der Waals surface area contributed by atoms with Crippen molar-refractivity contribution in [1.29, 1.82) is 0 Å². The second-order valence-electron chi connectivity index (χ2n) is 4.88. The van der Waals surface area contributed by atoms with Gasteiger partial charge in [-0.3, -0.25) is 9.59 Å². The third-order valence-corrected chi connectivity index (χ3v) is 3.78. The Morgan fingerprint density at radius 2 is 1.78 bits per heavy atom. The van der Waals surface area contributed by atoms with Gasteiger partial charge in [0.2, 0.25) is 5.91 Å². The molecule has 0 saturated heterocycles. The first-order chi connectivity index (χ1) is 11.0. The Labute approximate surface area is 142 Å². The number of hydrogen-bond acceptors (Lipinski definition) is 2. The van der Waals surface area contributed by atoms with Gasteiger partial charge in [0.05, 0.1) is 5.69 Å². The van der Waals surface area contributed by atoms with Crippen molar-refractivity contribution in [2.24, 2.45) is 0 Å². The Hall–Kier alpha value is -2.21. The normalized spacial score (nSPS) is 10.2. The molecule has 2 amide bonds. The molecule has 0 radical (unpaired) electrons. The highest BCUT2D eigenvalue weighted by Gasteiger charge is 2.15. The van der Waals surface area contributed by atoms with Gasteiger partial charge in [-0.15, -0.1) is 0 Å². The number of halogens is 2. The summed E-state index contributed by atoms with van der Waals surface area (Å²) in [5, 5.41) is 2.72. The molecule has 0 aliphatic heterocycles. The molecule has 0 aliphatic carbocycles. The second-order valence-corrected chi connectivity index (χ2v) is 5.80. The molecule has 0 unspecified atom stereocenters. The fourth-order valence-electron chi connectivity index (χ4n) is 2.10. The van der Waals surface area contributed by atoms with Crippen LogP contribution in [-0.2, 0) is 4.79 Å². The smallest absolute Gasteiger partial charge is 0.251 e. The number of amides is 2. The largest absolute Gasteiger partial charge is 0.350 e. The number of nitrogens with one attached hydrogen (secondary N) is 1. The van der Waals surface area contributed by atoms with Crippen molar-refractivity contribution < 1.29 is 14.0 Å². The lowest BCUT2D eigenvalue weighted by molar-refractivity contribution is -0.116. The molecule has 2 aromatic rings. The summed E-state index contributed by atoms with van der Waals surface area (Å²) in [4.78, 5) is 25.0. The molecule has 1 N–H and O–H groups in total. The number of carbonyl (C=O) groups is 2. The number of rotatable bonds is 5. The SMILES string of the molecule is CC(=O)N(CCNC(=O)c1ccc(Br)cc1)c1ccccc1F. The van der Waals surface area contributed by atoms with E-state index in [9.17, 15) is 14.0 Å². The summed E-state index contributed by atoms with van der Waals surface area (Å²) < 4.78 is 14.7. The topological polar surface area (TPSA) is 49.4 Å². The van der Waals surface area contributed by atoms with Crippen LogP contribution in [0.5, 0.6) is 0 Å². The van der Waals surface area contributed by atoms with Crippen LogP contribution in [0, 0.1) is 5.82 Å². The molecule has 0 saturated carbocycles. The third kappa shape index (κ3) is 4.63. The summed E-state index contributed by atoms with van der Waals surface area (Å²) >= 11 is 3.30. The summed E-state index contributed by atoms with van der Waals surface area (Å²) in [6, 6.07) is 13.0. The molecule has 0 fully saturated rings. The lowest BCUT2D eigenvalue weighted by atomic mass is 10.2. The van der Waals surface area contributed by atoms with Crippen molar-refractivity contribution in [2.45, 2.75) is 6.92 Å². The van der Waals surface area contributed by atoms with E-state index >= 15 is 0 Å². The Morgan fingerprint density at radius 3 is 2.39 bits per heavy atom. The predicted molar refractivity (Wildman–Crippen MR) is 90.9 cm³/mol. The lowest BCUT2D eigenvalue weighted by Crippen LogP contribution is -2.38. The molecular weight excluding hydrogens is 363 g/mol. The van der Waals surface area contributed by atoms with Crippen LogP contribution in [0.4, 0.5) is 10.1 Å². The number of hydrogen-bond donors (Lipinski definition) is 1. The molecule has 6 heteroatoms. The van der Waals surface area contributed by atoms with Gasteiger partial charge in [-0.05, 0) is 36.4 Å². The maximum absolute atomic E-state index is 13.8. The van der Waals surface area contributed by atoms with Crippen molar-refractivity contribution in [3.8, 4) is 0 Å². The minimum atomic E-state index is -0.470. The lowest BCUT2D eigenvalue weighted by Gasteiger charge is -2.21. The quantitative estimate of drug-likeness (QED) is 0.866. The molecular formula is C17H16BrFN2O2. The van der Waals surface area contributed by atoms with Gasteiger partial charge in [-0.25, -0.2) is 4.39 Å². The summed E-state index contributed by atoms with van der Waals surface area (Å²) in [5.41, 5.74) is 0.728. The highest BCUT2D eigenvalue weighted by Crippen LogP contribution is 2.18. The molecule has 0 bridgehead atoms. The molecule has 0 heterocycles. The first-order valence-electron chi connectivity index (χ1n) is 7.05. The van der Waals surface area contributed by atoms with Crippen molar-refractivity contribution in [1.82, 2.24) is 5.32 Å². The van der Waals surface area contributed by atoms with Crippen LogP contribution in [0.1, 0.15) is 17.3 Å². The highest BCUT2D eigenvalue weighted by molar-refractivity contribution is 9.10. The molecule has 120 valence electrons. The number of anilines is 1. The minimum absolute atomic E-state index is 0.193. The van der Waals surface area contributed by atoms with Crippen LogP contribution in [0.15, 0.2) is 53.0 Å². The van der Waals surface area contributed by atoms with Crippen LogP contribution in [0.2, 0.25) is 0 Å². The summed E-state index contributed by atoms with van der Waals surface area (Å²) in [6.45, 7) is 1.78. The zero-order valence-electron chi connectivity index (χ0n) is 12.6. The fraction of sp³-hybridized carbons (Fsp3) is 0.176. The molecule has 0 aliphatic rings. The standard InChI is InChI=1S/C17H16BrFN2O2/c1-12(22)21(16-5-3-2-4-15(16)19)11-10-20-17(23)13-6-8-14(18)9-7-13/h2-9H,10-11H2,1H3,(H,20,23). The van der Waals surface area contributed by atoms with Crippen molar-refractivity contribution >= 4 is 33.4 Å². The Morgan fingerprint density at radius 1 is 1.13 bits per heavy atom. The first-order valence-corrected chi connectivity index (χ1v) is 7.84. The van der Waals surface area contributed by atoms with Crippen LogP contribution in [0.25, 0.3) is 0 Å². The van der Waals surface area contributed by atoms with E-state index in [0.717, 1.165) is 4.47 Å². The molecule has 0 aromatic heterocycles. The molecule has 2 aromatic carbocycles. The van der Waals surface area contributed by atoms with Gasteiger partial charge in [0.25, 0.3) is 5.91 Å². The van der Waals surface area contributed by atoms with E-state index in [1.165, 1.54) is 24.0 Å². The Balaban J connectivity index is 1.97. The minimum Gasteiger partial charge on any atom is -0.350 e.